The summed E-state index contributed by atoms with van der Waals surface area (Å²) in [6.45, 7) is 0.0184. The van der Waals surface area contributed by atoms with Crippen molar-refractivity contribution in [2.24, 2.45) is 0 Å². The molecular weight excluding hydrogens is 223 g/mol. The van der Waals surface area contributed by atoms with Gasteiger partial charge in [-0.3, -0.25) is 5.10 Å². The fourth-order valence-electron chi connectivity index (χ4n) is 1.89. The topological polar surface area (TPSA) is 52.1 Å². The Bertz CT molecular complexity index is 351. The van der Waals surface area contributed by atoms with Gasteiger partial charge in [0.25, 0.3) is 0 Å². The van der Waals surface area contributed by atoms with E-state index in [4.69, 9.17) is 0 Å². The first-order chi connectivity index (χ1) is 7.42. The first-order valence-electron chi connectivity index (χ1n) is 4.96. The predicted molar refractivity (Wildman–Crippen MR) is 51.0 cm³/mol. The molecule has 0 saturated carbocycles. The zero-order valence-corrected chi connectivity index (χ0v) is 8.46. The van der Waals surface area contributed by atoms with E-state index >= 15 is 0 Å². The highest BCUT2D eigenvalue weighted by molar-refractivity contribution is 5.38. The number of aliphatic hydroxyl groups is 1. The van der Waals surface area contributed by atoms with Crippen LogP contribution >= 0.6 is 0 Å². The third-order valence-corrected chi connectivity index (χ3v) is 2.81. The lowest BCUT2D eigenvalue weighted by atomic mass is 9.92. The maximum atomic E-state index is 12.6. The summed E-state index contributed by atoms with van der Waals surface area (Å²) >= 11 is 0. The minimum Gasteiger partial charge on any atom is -0.379 e. The molecule has 16 heavy (non-hydrogen) atoms. The molecule has 0 aliphatic carbocycles. The lowest BCUT2D eigenvalue weighted by Gasteiger charge is -2.40. The number of halogens is 3. The summed E-state index contributed by atoms with van der Waals surface area (Å²) < 4.78 is 37.9. The molecule has 0 spiro atoms. The van der Waals surface area contributed by atoms with Crippen molar-refractivity contribution < 1.29 is 18.3 Å². The van der Waals surface area contributed by atoms with Gasteiger partial charge in [-0.1, -0.05) is 0 Å². The van der Waals surface area contributed by atoms with Gasteiger partial charge in [0.05, 0.1) is 6.54 Å². The van der Waals surface area contributed by atoms with Gasteiger partial charge in [0, 0.05) is 18.8 Å². The lowest BCUT2D eigenvalue weighted by molar-refractivity contribution is -0.261. The van der Waals surface area contributed by atoms with Crippen LogP contribution in [0.15, 0.2) is 12.3 Å². The van der Waals surface area contributed by atoms with Crippen LogP contribution in [0.2, 0.25) is 0 Å². The van der Waals surface area contributed by atoms with E-state index in [0.717, 1.165) is 0 Å². The molecule has 4 nitrogen and oxygen atoms in total. The number of piperidine rings is 1. The minimum absolute atomic E-state index is 0.253. The SMILES string of the molecule is OC1(C(F)(F)F)CCCN(c2cc[nH]n2)C1. The molecule has 0 aromatic carbocycles. The molecule has 1 fully saturated rings. The van der Waals surface area contributed by atoms with Crippen LogP contribution in [0.1, 0.15) is 12.8 Å². The molecular formula is C9H12F3N3O. The van der Waals surface area contributed by atoms with Gasteiger partial charge in [-0.05, 0) is 12.8 Å². The first kappa shape index (κ1) is 11.3. The van der Waals surface area contributed by atoms with Crippen molar-refractivity contribution in [2.75, 3.05) is 18.0 Å². The van der Waals surface area contributed by atoms with Gasteiger partial charge in [0.1, 0.15) is 5.82 Å². The fourth-order valence-corrected chi connectivity index (χ4v) is 1.89. The second-order valence-corrected chi connectivity index (χ2v) is 3.99. The van der Waals surface area contributed by atoms with Gasteiger partial charge in [-0.25, -0.2) is 0 Å². The number of anilines is 1. The van der Waals surface area contributed by atoms with E-state index in [2.05, 4.69) is 10.2 Å². The zero-order chi connectivity index (χ0) is 11.8. The average Bonchev–Trinajstić information content (AvgIpc) is 2.68. The Morgan fingerprint density at radius 3 is 2.81 bits per heavy atom. The van der Waals surface area contributed by atoms with Crippen LogP contribution in [-0.2, 0) is 0 Å². The average molecular weight is 235 g/mol. The van der Waals surface area contributed by atoms with E-state index in [1.54, 1.807) is 6.07 Å². The van der Waals surface area contributed by atoms with Crippen molar-refractivity contribution in [3.05, 3.63) is 12.3 Å². The van der Waals surface area contributed by atoms with E-state index < -0.39 is 18.3 Å². The Labute approximate surface area is 90.1 Å². The zero-order valence-electron chi connectivity index (χ0n) is 8.46. The van der Waals surface area contributed by atoms with Crippen LogP contribution in [-0.4, -0.2) is 40.2 Å². The van der Waals surface area contributed by atoms with Crippen molar-refractivity contribution in [3.8, 4) is 0 Å². The van der Waals surface area contributed by atoms with Crippen LogP contribution in [0.3, 0.4) is 0 Å². The van der Waals surface area contributed by atoms with E-state index in [9.17, 15) is 18.3 Å². The van der Waals surface area contributed by atoms with Crippen molar-refractivity contribution in [2.45, 2.75) is 24.6 Å². The molecule has 0 bridgehead atoms. The van der Waals surface area contributed by atoms with Gasteiger partial charge < -0.3 is 10.0 Å². The number of aromatic nitrogens is 2. The number of aromatic amines is 1. The molecule has 1 aromatic rings. The van der Waals surface area contributed by atoms with Crippen LogP contribution in [0.5, 0.6) is 0 Å². The largest absolute Gasteiger partial charge is 0.418 e. The summed E-state index contributed by atoms with van der Waals surface area (Å²) in [6, 6.07) is 1.59. The second-order valence-electron chi connectivity index (χ2n) is 3.99. The first-order valence-corrected chi connectivity index (χ1v) is 4.96. The van der Waals surface area contributed by atoms with Gasteiger partial charge >= 0.3 is 6.18 Å². The van der Waals surface area contributed by atoms with Crippen LogP contribution in [0.4, 0.5) is 19.0 Å². The number of hydrogen-bond acceptors (Lipinski definition) is 3. The third-order valence-electron chi connectivity index (χ3n) is 2.81. The lowest BCUT2D eigenvalue weighted by Crippen LogP contribution is -2.57. The molecule has 90 valence electrons. The van der Waals surface area contributed by atoms with Gasteiger partial charge in [0.2, 0.25) is 0 Å². The molecule has 1 saturated heterocycles. The highest BCUT2D eigenvalue weighted by Crippen LogP contribution is 2.37. The molecule has 7 heteroatoms. The number of hydrogen-bond donors (Lipinski definition) is 2. The molecule has 1 atom stereocenters. The quantitative estimate of drug-likeness (QED) is 0.771. The predicted octanol–water partition coefficient (Wildman–Crippen LogP) is 1.30. The number of alkyl halides is 3. The van der Waals surface area contributed by atoms with Crippen LogP contribution in [0.25, 0.3) is 0 Å². The summed E-state index contributed by atoms with van der Waals surface area (Å²) in [4.78, 5) is 1.44. The summed E-state index contributed by atoms with van der Waals surface area (Å²) in [5, 5.41) is 15.9. The van der Waals surface area contributed by atoms with Crippen molar-refractivity contribution in [1.82, 2.24) is 10.2 Å². The number of nitrogens with one attached hydrogen (secondary N) is 1. The highest BCUT2D eigenvalue weighted by Gasteiger charge is 2.55. The third kappa shape index (κ3) is 1.87. The Morgan fingerprint density at radius 1 is 1.50 bits per heavy atom. The Hall–Kier alpha value is -1.24. The summed E-state index contributed by atoms with van der Waals surface area (Å²) in [6.07, 6.45) is -3.02. The monoisotopic (exact) mass is 235 g/mol. The molecule has 0 amide bonds. The fraction of sp³-hybridized carbons (Fsp3) is 0.667. The molecule has 1 aromatic heterocycles. The molecule has 2 N–H and O–H groups in total. The maximum absolute atomic E-state index is 12.6. The molecule has 2 heterocycles. The Kier molecular flexibility index (Phi) is 2.57. The number of rotatable bonds is 1. The van der Waals surface area contributed by atoms with E-state index in [0.29, 0.717) is 18.8 Å². The second kappa shape index (κ2) is 3.65. The van der Waals surface area contributed by atoms with E-state index in [1.807, 2.05) is 0 Å². The van der Waals surface area contributed by atoms with Crippen molar-refractivity contribution in [1.29, 1.82) is 0 Å². The Balaban J connectivity index is 2.16. The van der Waals surface area contributed by atoms with Crippen LogP contribution < -0.4 is 4.90 Å². The van der Waals surface area contributed by atoms with Crippen molar-refractivity contribution in [3.63, 3.8) is 0 Å². The van der Waals surface area contributed by atoms with E-state index in [1.165, 1.54) is 11.1 Å². The number of β-amino-alcohol motifs (C(OH)–C–C–N with tert-alkyl or cyclic N) is 1. The highest BCUT2D eigenvalue weighted by atomic mass is 19.4. The summed E-state index contributed by atoms with van der Waals surface area (Å²) in [7, 11) is 0. The number of nitrogens with zero attached hydrogens (tertiary/aromatic N) is 2. The maximum Gasteiger partial charge on any atom is 0.418 e. The molecule has 1 aliphatic rings. The van der Waals surface area contributed by atoms with Gasteiger partial charge in [-0.2, -0.15) is 18.3 Å². The van der Waals surface area contributed by atoms with Crippen LogP contribution in [0, 0.1) is 0 Å². The summed E-state index contributed by atoms with van der Waals surface area (Å²) in [5.41, 5.74) is -2.62. The minimum atomic E-state index is -4.60. The molecule has 1 aliphatic heterocycles. The molecule has 2 rings (SSSR count). The number of H-pyrrole nitrogens is 1. The molecule has 0 radical (unpaired) electrons. The van der Waals surface area contributed by atoms with E-state index in [-0.39, 0.29) is 6.42 Å². The van der Waals surface area contributed by atoms with Gasteiger partial charge in [0.15, 0.2) is 5.60 Å². The smallest absolute Gasteiger partial charge is 0.379 e. The van der Waals surface area contributed by atoms with Crippen molar-refractivity contribution >= 4 is 5.82 Å². The van der Waals surface area contributed by atoms with Gasteiger partial charge in [-0.15, -0.1) is 0 Å². The normalized spacial score (nSPS) is 27.1. The summed E-state index contributed by atoms with van der Waals surface area (Å²) in [5.74, 6) is 0.433. The Morgan fingerprint density at radius 2 is 2.25 bits per heavy atom. The molecule has 1 unspecified atom stereocenters. The standard InChI is InChI=1S/C9H12F3N3O/c10-9(11,12)8(16)3-1-5-15(6-8)7-2-4-13-14-7/h2,4,16H,1,3,5-6H2,(H,13,14).